The Labute approximate surface area is 72.7 Å². The second-order valence-corrected chi connectivity index (χ2v) is 1.92. The van der Waals surface area contributed by atoms with Crippen LogP contribution >= 0.6 is 21.0 Å². The molecule has 4 heteroatoms. The molecule has 0 unspecified atom stereocenters. The molecule has 0 bridgehead atoms. The molecule has 1 heterocycles. The van der Waals surface area contributed by atoms with Crippen molar-refractivity contribution in [2.45, 2.75) is 0 Å². The third-order valence-corrected chi connectivity index (χ3v) is 1.41. The van der Waals surface area contributed by atoms with Gasteiger partial charge in [-0.2, -0.15) is 12.1 Å². The van der Waals surface area contributed by atoms with Crippen LogP contribution in [0.25, 0.3) is 0 Å². The first-order valence-electron chi connectivity index (χ1n) is 2.20. The average Bonchev–Trinajstić information content (AvgIpc) is 2.43. The van der Waals surface area contributed by atoms with Gasteiger partial charge < -0.3 is 4.74 Å². The van der Waals surface area contributed by atoms with Crippen LogP contribution in [0.5, 0.6) is 5.06 Å². The molecule has 0 fully saturated rings. The summed E-state index contributed by atoms with van der Waals surface area (Å²) >= 11 is 2.32. The Morgan fingerprint density at radius 3 is 2.67 bits per heavy atom. The van der Waals surface area contributed by atoms with Gasteiger partial charge in [0.2, 0.25) is 0 Å². The van der Waals surface area contributed by atoms with E-state index < -0.39 is 0 Å². The van der Waals surface area contributed by atoms with E-state index in [4.69, 9.17) is 14.4 Å². The Balaban J connectivity index is 0.000000291. The zero-order chi connectivity index (χ0) is 7.11. The molecule has 0 saturated carbocycles. The van der Waals surface area contributed by atoms with Crippen molar-refractivity contribution in [3.05, 3.63) is 17.5 Å². The zero-order valence-corrected chi connectivity index (χ0v) is 9.60. The van der Waals surface area contributed by atoms with E-state index in [-0.39, 0.29) is 0 Å². The van der Waals surface area contributed by atoms with Crippen LogP contribution in [0, 0.1) is 5.38 Å². The van der Waals surface area contributed by atoms with Crippen LogP contribution < -0.4 is 4.74 Å². The van der Waals surface area contributed by atoms with E-state index in [0.717, 1.165) is 22.4 Å². The molecule has 0 amide bonds. The van der Waals surface area contributed by atoms with Gasteiger partial charge in [0, 0.05) is 5.06 Å². The molecule has 0 aliphatic rings. The fourth-order valence-corrected chi connectivity index (χ4v) is 0.810. The van der Waals surface area contributed by atoms with E-state index in [9.17, 15) is 0 Å². The summed E-state index contributed by atoms with van der Waals surface area (Å²) < 4.78 is 4.84. The van der Waals surface area contributed by atoms with Crippen molar-refractivity contribution >= 4 is 21.0 Å². The van der Waals surface area contributed by atoms with Crippen molar-refractivity contribution in [2.75, 3.05) is 7.11 Å². The van der Waals surface area contributed by atoms with Crippen LogP contribution in [0.3, 0.4) is 0 Å². The van der Waals surface area contributed by atoms with Gasteiger partial charge in [-0.3, -0.25) is 11.3 Å². The Hall–Kier alpha value is 0.413. The monoisotopic (exact) mass is 212 g/mol. The van der Waals surface area contributed by atoms with Gasteiger partial charge in [-0.1, -0.05) is 0 Å². The van der Waals surface area contributed by atoms with Crippen molar-refractivity contribution in [1.29, 1.82) is 0 Å². The van der Waals surface area contributed by atoms with Crippen molar-refractivity contribution in [2.24, 2.45) is 0 Å². The predicted octanol–water partition coefficient (Wildman–Crippen LogP) is 2.24. The summed E-state index contributed by atoms with van der Waals surface area (Å²) in [7, 11) is 6.42. The molecule has 9 heavy (non-hydrogen) atoms. The fourth-order valence-electron chi connectivity index (χ4n) is 0.338. The second kappa shape index (κ2) is 6.53. The van der Waals surface area contributed by atoms with Crippen LogP contribution in [0.1, 0.15) is 0 Å². The number of rotatable bonds is 1. The van der Waals surface area contributed by atoms with Gasteiger partial charge in [-0.15, -0.1) is 5.38 Å². The van der Waals surface area contributed by atoms with E-state index in [1.807, 2.05) is 12.1 Å². The van der Waals surface area contributed by atoms with E-state index in [0.29, 0.717) is 0 Å². The van der Waals surface area contributed by atoms with Crippen molar-refractivity contribution in [1.82, 2.24) is 0 Å². The van der Waals surface area contributed by atoms with Crippen LogP contribution in [0.2, 0.25) is 0 Å². The maximum absolute atomic E-state index is 4.84. The summed E-state index contributed by atoms with van der Waals surface area (Å²) in [5.41, 5.74) is 0. The van der Waals surface area contributed by atoms with Crippen LogP contribution in [-0.2, 0) is 17.3 Å². The molecule has 0 saturated heterocycles. The fraction of sp³-hybridized carbons (Fsp3) is 0.200. The number of ether oxygens (including phenoxy) is 1. The standard InChI is InChI=1S/C5H5OS.ClH.Zn/c1-6-5-3-2-4-7-5;;/h2-3H,1H3;1H;/q-1;;+2/p-1. The molecule has 0 aromatic carbocycles. The maximum atomic E-state index is 4.84. The molecule has 1 aromatic rings. The number of hydrogen-bond donors (Lipinski definition) is 0. The van der Waals surface area contributed by atoms with Gasteiger partial charge in [0.1, 0.15) is 0 Å². The van der Waals surface area contributed by atoms with Gasteiger partial charge in [-0.05, 0) is 0 Å². The Morgan fingerprint density at radius 2 is 2.44 bits per heavy atom. The Kier molecular flexibility index (Phi) is 6.83. The predicted molar refractivity (Wildman–Crippen MR) is 35.6 cm³/mol. The summed E-state index contributed by atoms with van der Waals surface area (Å²) in [5, 5.41) is 3.81. The summed E-state index contributed by atoms with van der Waals surface area (Å²) in [6.07, 6.45) is 0. The first-order valence-corrected chi connectivity index (χ1v) is 6.91. The molecule has 0 aliphatic heterocycles. The Morgan fingerprint density at radius 1 is 1.78 bits per heavy atom. The van der Waals surface area contributed by atoms with Crippen LogP contribution in [-0.4, -0.2) is 7.11 Å². The molecule has 0 radical (unpaired) electrons. The molecule has 46 valence electrons. The summed E-state index contributed by atoms with van der Waals surface area (Å²) in [6.45, 7) is 0. The molecule has 1 rings (SSSR count). The minimum absolute atomic E-state index is 0.847. The second-order valence-electron chi connectivity index (χ2n) is 1.08. The average molecular weight is 214 g/mol. The van der Waals surface area contributed by atoms with Gasteiger partial charge in [0.25, 0.3) is 0 Å². The van der Waals surface area contributed by atoms with Crippen molar-refractivity contribution < 1.29 is 22.0 Å². The van der Waals surface area contributed by atoms with Gasteiger partial charge in [-0.25, -0.2) is 0 Å². The number of halogens is 1. The number of methoxy groups -OCH3 is 1. The molecular weight excluding hydrogens is 209 g/mol. The number of hydrogen-bond acceptors (Lipinski definition) is 2. The summed E-state index contributed by atoms with van der Waals surface area (Å²) in [6, 6.07) is 3.72. The van der Waals surface area contributed by atoms with Gasteiger partial charge in [0.15, 0.2) is 0 Å². The SMILES string of the molecule is COc1cc[c-]s1.[Cl][Zn+]. The first kappa shape index (κ1) is 9.41. The Bertz CT molecular complexity index is 132. The molecule has 0 atom stereocenters. The van der Waals surface area contributed by atoms with Crippen LogP contribution in [0.4, 0.5) is 0 Å². The summed E-state index contributed by atoms with van der Waals surface area (Å²) in [4.78, 5) is 0. The van der Waals surface area contributed by atoms with E-state index >= 15 is 0 Å². The minimum atomic E-state index is 0.847. The molecule has 1 aromatic heterocycles. The van der Waals surface area contributed by atoms with Crippen molar-refractivity contribution in [3.63, 3.8) is 0 Å². The molecule has 0 aliphatic carbocycles. The van der Waals surface area contributed by atoms with E-state index in [1.165, 1.54) is 11.3 Å². The molecule has 0 N–H and O–H groups in total. The van der Waals surface area contributed by atoms with Crippen molar-refractivity contribution in [3.8, 4) is 5.06 Å². The normalized spacial score (nSPS) is 7.56. The zero-order valence-electron chi connectivity index (χ0n) is 5.06. The first-order chi connectivity index (χ1) is 4.43. The number of thiophene rings is 1. The molecular formula is C5H5ClOSZn. The van der Waals surface area contributed by atoms with E-state index in [1.54, 1.807) is 7.11 Å². The van der Waals surface area contributed by atoms with E-state index in [2.05, 4.69) is 5.38 Å². The van der Waals surface area contributed by atoms with Gasteiger partial charge in [0.05, 0.1) is 7.11 Å². The topological polar surface area (TPSA) is 9.23 Å². The molecule has 1 nitrogen and oxygen atoms in total. The van der Waals surface area contributed by atoms with Crippen LogP contribution in [0.15, 0.2) is 12.1 Å². The molecule has 0 spiro atoms. The van der Waals surface area contributed by atoms with Gasteiger partial charge >= 0.3 is 27.0 Å². The third-order valence-electron chi connectivity index (χ3n) is 0.648. The quantitative estimate of drug-likeness (QED) is 0.514. The third kappa shape index (κ3) is 3.91. The summed E-state index contributed by atoms with van der Waals surface area (Å²) in [5.74, 6) is 0.